The molecule has 0 fully saturated rings. The summed E-state index contributed by atoms with van der Waals surface area (Å²) >= 11 is 0. The summed E-state index contributed by atoms with van der Waals surface area (Å²) in [6.45, 7) is 5.97. The minimum Gasteiger partial charge on any atom is -0.326 e. The Balaban J connectivity index is 2.01. The van der Waals surface area contributed by atoms with Crippen LogP contribution in [-0.2, 0) is 4.79 Å². The van der Waals surface area contributed by atoms with Crippen molar-refractivity contribution in [1.29, 1.82) is 0 Å². The van der Waals surface area contributed by atoms with Crippen LogP contribution in [0.3, 0.4) is 0 Å². The van der Waals surface area contributed by atoms with Crippen LogP contribution in [0.15, 0.2) is 42.5 Å². The van der Waals surface area contributed by atoms with Crippen LogP contribution in [-0.4, -0.2) is 11.8 Å². The van der Waals surface area contributed by atoms with E-state index in [9.17, 15) is 9.59 Å². The van der Waals surface area contributed by atoms with E-state index in [1.165, 1.54) is 0 Å². The zero-order chi connectivity index (χ0) is 16.8. The fraction of sp³-hybridized carbons (Fsp3) is 0.263. The quantitative estimate of drug-likeness (QED) is 0.865. The maximum atomic E-state index is 12.2. The van der Waals surface area contributed by atoms with Crippen LogP contribution in [0.5, 0.6) is 0 Å². The Bertz CT molecular complexity index is 706. The number of anilines is 2. The zero-order valence-electron chi connectivity index (χ0n) is 13.8. The predicted molar refractivity (Wildman–Crippen MR) is 93.8 cm³/mol. The number of carbonyl (C=O) groups is 2. The molecule has 0 heterocycles. The third kappa shape index (κ3) is 4.68. The molecule has 4 heteroatoms. The summed E-state index contributed by atoms with van der Waals surface area (Å²) in [6, 6.07) is 12.8. The number of hydrogen-bond acceptors (Lipinski definition) is 2. The number of carbonyl (C=O) groups excluding carboxylic acids is 2. The third-order valence-electron chi connectivity index (χ3n) is 3.67. The molecule has 0 aliphatic heterocycles. The first-order valence-corrected chi connectivity index (χ1v) is 7.78. The highest BCUT2D eigenvalue weighted by atomic mass is 16.2. The van der Waals surface area contributed by atoms with Gasteiger partial charge < -0.3 is 10.6 Å². The molecule has 2 aromatic carbocycles. The first-order valence-electron chi connectivity index (χ1n) is 7.78. The maximum absolute atomic E-state index is 12.2. The molecule has 0 aliphatic rings. The Morgan fingerprint density at radius 1 is 0.870 bits per heavy atom. The van der Waals surface area contributed by atoms with Crippen molar-refractivity contribution >= 4 is 23.2 Å². The van der Waals surface area contributed by atoms with Crippen molar-refractivity contribution in [3.63, 3.8) is 0 Å². The van der Waals surface area contributed by atoms with Gasteiger partial charge in [0.1, 0.15) is 0 Å². The summed E-state index contributed by atoms with van der Waals surface area (Å²) in [5.41, 5.74) is 4.31. The SMILES string of the molecule is CCCC(=O)Nc1ccc(NC(=O)c2ccc(C)c(C)c2)cc1. The molecule has 2 aromatic rings. The summed E-state index contributed by atoms with van der Waals surface area (Å²) < 4.78 is 0. The second kappa shape index (κ2) is 7.58. The highest BCUT2D eigenvalue weighted by Gasteiger charge is 2.07. The van der Waals surface area contributed by atoms with E-state index in [-0.39, 0.29) is 11.8 Å². The lowest BCUT2D eigenvalue weighted by Crippen LogP contribution is -2.13. The summed E-state index contributed by atoms with van der Waals surface area (Å²) in [5, 5.41) is 5.68. The van der Waals surface area contributed by atoms with Crippen molar-refractivity contribution in [1.82, 2.24) is 0 Å². The molecular formula is C19H22N2O2. The van der Waals surface area contributed by atoms with Crippen LogP contribution >= 0.6 is 0 Å². The molecule has 23 heavy (non-hydrogen) atoms. The van der Waals surface area contributed by atoms with Gasteiger partial charge in [0.2, 0.25) is 5.91 Å². The van der Waals surface area contributed by atoms with Gasteiger partial charge in [-0.1, -0.05) is 13.0 Å². The molecule has 120 valence electrons. The molecule has 0 bridgehead atoms. The van der Waals surface area contributed by atoms with E-state index in [0.29, 0.717) is 17.7 Å². The normalized spacial score (nSPS) is 10.2. The molecule has 0 radical (unpaired) electrons. The minimum atomic E-state index is -0.143. The van der Waals surface area contributed by atoms with Gasteiger partial charge in [-0.05, 0) is 67.8 Å². The molecule has 4 nitrogen and oxygen atoms in total. The largest absolute Gasteiger partial charge is 0.326 e. The van der Waals surface area contributed by atoms with E-state index in [2.05, 4.69) is 10.6 Å². The number of aryl methyl sites for hydroxylation is 2. The van der Waals surface area contributed by atoms with Gasteiger partial charge in [0.25, 0.3) is 5.91 Å². The minimum absolute atomic E-state index is 0.000541. The summed E-state index contributed by atoms with van der Waals surface area (Å²) in [4.78, 5) is 23.8. The molecule has 0 unspecified atom stereocenters. The van der Waals surface area contributed by atoms with Gasteiger partial charge in [-0.15, -0.1) is 0 Å². The first-order chi connectivity index (χ1) is 11.0. The van der Waals surface area contributed by atoms with Crippen LogP contribution in [0.25, 0.3) is 0 Å². The average Bonchev–Trinajstić information content (AvgIpc) is 2.52. The van der Waals surface area contributed by atoms with Crippen LogP contribution in [0, 0.1) is 13.8 Å². The number of nitrogens with one attached hydrogen (secondary N) is 2. The zero-order valence-corrected chi connectivity index (χ0v) is 13.8. The molecule has 2 rings (SSSR count). The molecule has 2 amide bonds. The molecule has 0 saturated heterocycles. The molecular weight excluding hydrogens is 288 g/mol. The fourth-order valence-electron chi connectivity index (χ4n) is 2.17. The van der Waals surface area contributed by atoms with E-state index in [1.54, 1.807) is 24.3 Å². The molecule has 0 atom stereocenters. The van der Waals surface area contributed by atoms with Crippen LogP contribution in [0.1, 0.15) is 41.3 Å². The van der Waals surface area contributed by atoms with Gasteiger partial charge in [-0.25, -0.2) is 0 Å². The van der Waals surface area contributed by atoms with Crippen LogP contribution in [0.2, 0.25) is 0 Å². The Morgan fingerprint density at radius 3 is 2.04 bits per heavy atom. The number of rotatable bonds is 5. The number of hydrogen-bond donors (Lipinski definition) is 2. The second-order valence-corrected chi connectivity index (χ2v) is 5.63. The van der Waals surface area contributed by atoms with Crippen LogP contribution < -0.4 is 10.6 Å². The van der Waals surface area contributed by atoms with E-state index < -0.39 is 0 Å². The molecule has 2 N–H and O–H groups in total. The lowest BCUT2D eigenvalue weighted by atomic mass is 10.1. The van der Waals surface area contributed by atoms with Crippen molar-refractivity contribution in [3.8, 4) is 0 Å². The molecule has 0 aromatic heterocycles. The Labute approximate surface area is 136 Å². The van der Waals surface area contributed by atoms with E-state index >= 15 is 0 Å². The highest BCUT2D eigenvalue weighted by Crippen LogP contribution is 2.16. The molecule has 0 spiro atoms. The van der Waals surface area contributed by atoms with Crippen molar-refractivity contribution in [2.75, 3.05) is 10.6 Å². The first kappa shape index (κ1) is 16.7. The number of benzene rings is 2. The summed E-state index contributed by atoms with van der Waals surface area (Å²) in [5.74, 6) is -0.143. The van der Waals surface area contributed by atoms with E-state index in [0.717, 1.165) is 23.2 Å². The highest BCUT2D eigenvalue weighted by molar-refractivity contribution is 6.04. The van der Waals surface area contributed by atoms with Crippen molar-refractivity contribution in [2.45, 2.75) is 33.6 Å². The Kier molecular flexibility index (Phi) is 5.52. The van der Waals surface area contributed by atoms with Gasteiger partial charge >= 0.3 is 0 Å². The van der Waals surface area contributed by atoms with Gasteiger partial charge in [-0.3, -0.25) is 9.59 Å². The van der Waals surface area contributed by atoms with Crippen molar-refractivity contribution in [3.05, 3.63) is 59.2 Å². The lowest BCUT2D eigenvalue weighted by molar-refractivity contribution is -0.116. The summed E-state index contributed by atoms with van der Waals surface area (Å²) in [6.07, 6.45) is 1.32. The van der Waals surface area contributed by atoms with Crippen LogP contribution in [0.4, 0.5) is 11.4 Å². The lowest BCUT2D eigenvalue weighted by Gasteiger charge is -2.09. The predicted octanol–water partition coefficient (Wildman–Crippen LogP) is 4.29. The topological polar surface area (TPSA) is 58.2 Å². The van der Waals surface area contributed by atoms with Gasteiger partial charge in [0.15, 0.2) is 0 Å². The van der Waals surface area contributed by atoms with Crippen molar-refractivity contribution < 1.29 is 9.59 Å². The van der Waals surface area contributed by atoms with E-state index in [4.69, 9.17) is 0 Å². The smallest absolute Gasteiger partial charge is 0.255 e. The third-order valence-corrected chi connectivity index (χ3v) is 3.67. The second-order valence-electron chi connectivity index (χ2n) is 5.63. The Hall–Kier alpha value is -2.62. The van der Waals surface area contributed by atoms with Gasteiger partial charge in [-0.2, -0.15) is 0 Å². The van der Waals surface area contributed by atoms with E-state index in [1.807, 2.05) is 39.0 Å². The van der Waals surface area contributed by atoms with Gasteiger partial charge in [0, 0.05) is 23.4 Å². The van der Waals surface area contributed by atoms with Gasteiger partial charge in [0.05, 0.1) is 0 Å². The van der Waals surface area contributed by atoms with Crippen molar-refractivity contribution in [2.24, 2.45) is 0 Å². The molecule has 0 aliphatic carbocycles. The molecule has 0 saturated carbocycles. The maximum Gasteiger partial charge on any atom is 0.255 e. The average molecular weight is 310 g/mol. The fourth-order valence-corrected chi connectivity index (χ4v) is 2.17. The standard InChI is InChI=1S/C19H22N2O2/c1-4-5-18(22)20-16-8-10-17(11-9-16)21-19(23)15-7-6-13(2)14(3)12-15/h6-12H,4-5H2,1-3H3,(H,20,22)(H,21,23). The summed E-state index contributed by atoms with van der Waals surface area (Å²) in [7, 11) is 0. The monoisotopic (exact) mass is 310 g/mol. The number of amides is 2. The Morgan fingerprint density at radius 2 is 1.48 bits per heavy atom.